The third-order valence-corrected chi connectivity index (χ3v) is 17.1. The highest BCUT2D eigenvalue weighted by atomic mass is 28.4. The van der Waals surface area contributed by atoms with Crippen LogP contribution >= 0.6 is 0 Å². The second-order valence-corrected chi connectivity index (χ2v) is 21.3. The summed E-state index contributed by atoms with van der Waals surface area (Å²) in [5, 5.41) is 12.5. The van der Waals surface area contributed by atoms with Gasteiger partial charge in [0.15, 0.2) is 33.3 Å². The van der Waals surface area contributed by atoms with E-state index in [4.69, 9.17) is 47.1 Å². The third-order valence-electron chi connectivity index (χ3n) is 11.9. The van der Waals surface area contributed by atoms with Crippen molar-refractivity contribution in [2.45, 2.75) is 146 Å². The zero-order valence-corrected chi connectivity index (χ0v) is 37.6. The Morgan fingerprint density at radius 2 is 1.45 bits per heavy atom. The summed E-state index contributed by atoms with van der Waals surface area (Å²) in [7, 11) is -2.55. The van der Waals surface area contributed by atoms with E-state index in [9.17, 15) is 14.7 Å². The van der Waals surface area contributed by atoms with Gasteiger partial charge in [0.2, 0.25) is 0 Å². The zero-order chi connectivity index (χ0) is 44.1. The summed E-state index contributed by atoms with van der Waals surface area (Å²) in [6.45, 7) is 14.3. The fraction of sp³-hybridized carbons (Fsp3) is 0.542. The summed E-state index contributed by atoms with van der Waals surface area (Å²) in [5.41, 5.74) is 2.82. The maximum atomic E-state index is 13.5. The molecule has 11 atom stereocenters. The van der Waals surface area contributed by atoms with Gasteiger partial charge in [-0.15, -0.1) is 6.58 Å². The number of hydrogen-bond acceptors (Lipinski definition) is 13. The van der Waals surface area contributed by atoms with Gasteiger partial charge in [-0.2, -0.15) is 0 Å². The molecule has 0 aliphatic carbocycles. The molecule has 3 aliphatic heterocycles. The van der Waals surface area contributed by atoms with Crippen LogP contribution in [0.2, 0.25) is 17.6 Å². The number of fused-ring (bicyclic) bond motifs is 1. The van der Waals surface area contributed by atoms with Crippen LogP contribution in [0.25, 0.3) is 0 Å². The number of Topliss-reactive ketones (excluding diaryl/α,β-unsaturated/α-hetero) is 1. The van der Waals surface area contributed by atoms with Gasteiger partial charge in [0.05, 0.1) is 39.5 Å². The van der Waals surface area contributed by atoms with Crippen molar-refractivity contribution >= 4 is 20.1 Å². The van der Waals surface area contributed by atoms with E-state index >= 15 is 0 Å². The number of aliphatic hydroxyl groups is 1. The minimum Gasteiger partial charge on any atom is -0.454 e. The number of hydrogen-bond donors (Lipinski definition) is 1. The first-order valence-corrected chi connectivity index (χ1v) is 24.3. The maximum Gasteiger partial charge on any atom is 0.306 e. The maximum absolute atomic E-state index is 13.5. The van der Waals surface area contributed by atoms with Gasteiger partial charge < -0.3 is 57.0 Å². The Hall–Kier alpha value is -3.64. The molecular formula is C48H64O13Si. The number of rotatable bonds is 22. The molecule has 3 aromatic rings. The van der Waals surface area contributed by atoms with Crippen molar-refractivity contribution in [1.29, 1.82) is 0 Å². The second kappa shape index (κ2) is 23.3. The van der Waals surface area contributed by atoms with Gasteiger partial charge >= 0.3 is 5.97 Å². The second-order valence-electron chi connectivity index (χ2n) is 16.4. The number of aliphatic hydroxyl groups excluding tert-OH is 1. The summed E-state index contributed by atoms with van der Waals surface area (Å²) >= 11 is 0. The number of carbonyl (C=O) groups excluding carboxylic acids is 2. The van der Waals surface area contributed by atoms with Crippen LogP contribution in [0.3, 0.4) is 0 Å². The van der Waals surface area contributed by atoms with Gasteiger partial charge in [-0.1, -0.05) is 125 Å². The summed E-state index contributed by atoms with van der Waals surface area (Å²) in [6.07, 6.45) is -9.56. The predicted octanol–water partition coefficient (Wildman–Crippen LogP) is 7.36. The lowest BCUT2D eigenvalue weighted by Gasteiger charge is -2.52. The Bertz CT molecular complexity index is 1810. The van der Waals surface area contributed by atoms with Gasteiger partial charge in [-0.25, -0.2) is 0 Å². The van der Waals surface area contributed by atoms with Gasteiger partial charge in [0.1, 0.15) is 48.5 Å². The molecule has 3 aliphatic rings. The molecule has 13 nitrogen and oxygen atoms in total. The Kier molecular flexibility index (Phi) is 18.0. The monoisotopic (exact) mass is 876 g/mol. The van der Waals surface area contributed by atoms with Crippen LogP contribution in [-0.2, 0) is 69.9 Å². The largest absolute Gasteiger partial charge is 0.454 e. The smallest absolute Gasteiger partial charge is 0.306 e. The molecule has 3 fully saturated rings. The van der Waals surface area contributed by atoms with E-state index < -0.39 is 82.0 Å². The van der Waals surface area contributed by atoms with Crippen LogP contribution in [0.4, 0.5) is 0 Å². The Morgan fingerprint density at radius 3 is 2.06 bits per heavy atom. The van der Waals surface area contributed by atoms with E-state index in [1.807, 2.05) is 91.0 Å². The van der Waals surface area contributed by atoms with Gasteiger partial charge in [-0.05, 0) is 35.7 Å². The fourth-order valence-electron chi connectivity index (χ4n) is 8.29. The molecule has 6 rings (SSSR count). The molecule has 0 aromatic heterocycles. The minimum absolute atomic E-state index is 0.00297. The van der Waals surface area contributed by atoms with E-state index in [1.54, 1.807) is 6.08 Å². The highest BCUT2D eigenvalue weighted by molar-refractivity contribution is 6.75. The number of ketones is 1. The molecule has 62 heavy (non-hydrogen) atoms. The normalized spacial score (nSPS) is 28.9. The highest BCUT2D eigenvalue weighted by Gasteiger charge is 2.57. The molecule has 0 spiro atoms. The molecule has 338 valence electrons. The molecule has 3 heterocycles. The van der Waals surface area contributed by atoms with Crippen LogP contribution in [0.15, 0.2) is 104 Å². The Labute approximate surface area is 367 Å². The number of ether oxygens (including phenoxy) is 9. The highest BCUT2D eigenvalue weighted by Crippen LogP contribution is 2.41. The summed E-state index contributed by atoms with van der Waals surface area (Å²) in [5.74, 6) is -0.790. The van der Waals surface area contributed by atoms with Crippen LogP contribution in [0.1, 0.15) is 70.4 Å². The lowest BCUT2D eigenvalue weighted by Crippen LogP contribution is -2.68. The predicted molar refractivity (Wildman–Crippen MR) is 232 cm³/mol. The summed E-state index contributed by atoms with van der Waals surface area (Å²) < 4.78 is 65.9. The van der Waals surface area contributed by atoms with E-state index in [2.05, 4.69) is 34.3 Å². The standard InChI is InChI=1S/C48H64O13Si/c1-7-27-53-47-45(58-39(50)26-25-33(6)49)44(54-29-35-21-15-11-16-22-35)42(37(56-47)30-52-28-34-19-13-10-14-20-34)60-48-43(61-62(8-2,9-3)32(4)5)40(51)41-38(57-48)31-55-46(59-41)36-23-17-12-18-24-36/h7,10-24,32,37-38,40-48,51H,1,8-9,25-31H2,2-6H3/t37-,38-,40+,41-,42-,43+,44+,45+,46?,47+,48+/m1/s1. The van der Waals surface area contributed by atoms with Crippen LogP contribution in [-0.4, -0.2) is 106 Å². The summed E-state index contributed by atoms with van der Waals surface area (Å²) in [6, 6.07) is 30.5. The molecule has 3 aromatic carbocycles. The lowest BCUT2D eigenvalue weighted by atomic mass is 9.95. The molecule has 0 radical (unpaired) electrons. The van der Waals surface area contributed by atoms with E-state index in [-0.39, 0.29) is 57.2 Å². The van der Waals surface area contributed by atoms with Crippen molar-refractivity contribution in [2.24, 2.45) is 0 Å². The number of carbonyl (C=O) groups is 2. The number of benzene rings is 3. The van der Waals surface area contributed by atoms with Crippen molar-refractivity contribution in [1.82, 2.24) is 0 Å². The Balaban J connectivity index is 1.39. The number of esters is 1. The van der Waals surface area contributed by atoms with Gasteiger partial charge in [0.25, 0.3) is 0 Å². The van der Waals surface area contributed by atoms with Crippen molar-refractivity contribution in [3.8, 4) is 0 Å². The first-order chi connectivity index (χ1) is 30.0. The topological polar surface area (TPSA) is 147 Å². The molecule has 1 unspecified atom stereocenters. The minimum atomic E-state index is -2.55. The average Bonchev–Trinajstić information content (AvgIpc) is 3.29. The van der Waals surface area contributed by atoms with Crippen molar-refractivity contribution in [3.05, 3.63) is 120 Å². The molecule has 0 amide bonds. The van der Waals surface area contributed by atoms with Crippen molar-refractivity contribution < 1.29 is 61.8 Å². The van der Waals surface area contributed by atoms with Gasteiger partial charge in [-0.3, -0.25) is 4.79 Å². The van der Waals surface area contributed by atoms with E-state index in [0.717, 1.165) is 28.8 Å². The summed E-state index contributed by atoms with van der Waals surface area (Å²) in [4.78, 5) is 25.4. The first-order valence-electron chi connectivity index (χ1n) is 21.9. The van der Waals surface area contributed by atoms with Crippen molar-refractivity contribution in [2.75, 3.05) is 19.8 Å². The average molecular weight is 877 g/mol. The quantitative estimate of drug-likeness (QED) is 0.0610. The van der Waals surface area contributed by atoms with Crippen LogP contribution < -0.4 is 0 Å². The molecule has 14 heteroatoms. The zero-order valence-electron chi connectivity index (χ0n) is 36.6. The SMILES string of the molecule is C=CCO[C@H]1O[C@H](COCc2ccccc2)[C@@H](O[C@@H]2O[C@@H]3COC(c4ccccc4)O[C@H]3[C@H](O)[C@@H]2O[Si](CC)(CC)C(C)C)[C@H](OCc2ccccc2)[C@@H]1OC(=O)CCC(C)=O. The molecule has 0 bridgehead atoms. The van der Waals surface area contributed by atoms with Gasteiger partial charge in [0, 0.05) is 12.0 Å². The van der Waals surface area contributed by atoms with E-state index in [0.29, 0.717) is 0 Å². The van der Waals surface area contributed by atoms with Crippen LogP contribution in [0, 0.1) is 0 Å². The fourth-order valence-corrected chi connectivity index (χ4v) is 11.8. The third kappa shape index (κ3) is 12.3. The lowest BCUT2D eigenvalue weighted by molar-refractivity contribution is -0.386. The first kappa shape index (κ1) is 47.8. The molecule has 3 saturated heterocycles. The van der Waals surface area contributed by atoms with Crippen LogP contribution in [0.5, 0.6) is 0 Å². The molecule has 1 N–H and O–H groups in total. The van der Waals surface area contributed by atoms with Crippen molar-refractivity contribution in [3.63, 3.8) is 0 Å². The van der Waals surface area contributed by atoms with E-state index in [1.165, 1.54) is 6.92 Å². The molecular weight excluding hydrogens is 813 g/mol. The Morgan fingerprint density at radius 1 is 0.806 bits per heavy atom. The molecule has 0 saturated carbocycles.